The molecule has 0 saturated carbocycles. The Kier molecular flexibility index (Phi) is 7.95. The zero-order valence-electron chi connectivity index (χ0n) is 14.7. The smallest absolute Gasteiger partial charge is 0.321 e. The Morgan fingerprint density at radius 3 is 2.25 bits per heavy atom. The van der Waals surface area contributed by atoms with Crippen molar-refractivity contribution in [2.75, 3.05) is 6.54 Å². The Hall–Kier alpha value is -2.37. The summed E-state index contributed by atoms with van der Waals surface area (Å²) in [4.78, 5) is 35.9. The molecule has 0 saturated heterocycles. The fourth-order valence-electron chi connectivity index (χ4n) is 2.31. The Balaban J connectivity index is 2.78. The van der Waals surface area contributed by atoms with Gasteiger partial charge in [-0.1, -0.05) is 50.6 Å². The lowest BCUT2D eigenvalue weighted by Crippen LogP contribution is -2.45. The predicted octanol–water partition coefficient (Wildman–Crippen LogP) is 2.59. The van der Waals surface area contributed by atoms with E-state index in [0.29, 0.717) is 6.54 Å². The van der Waals surface area contributed by atoms with Gasteiger partial charge in [0.25, 0.3) is 5.91 Å². The topological polar surface area (TPSA) is 84.5 Å². The number of benzene rings is 1. The molecule has 3 amide bonds. The average Bonchev–Trinajstić information content (AvgIpc) is 2.55. The van der Waals surface area contributed by atoms with Crippen LogP contribution in [-0.2, 0) is 14.3 Å². The fourth-order valence-corrected chi connectivity index (χ4v) is 2.31. The van der Waals surface area contributed by atoms with Gasteiger partial charge in [0.1, 0.15) is 0 Å². The molecule has 3 atom stereocenters. The van der Waals surface area contributed by atoms with Crippen molar-refractivity contribution in [2.24, 2.45) is 5.92 Å². The lowest BCUT2D eigenvalue weighted by atomic mass is 9.85. The number of rotatable bonds is 7. The number of hydrogen-bond acceptors (Lipinski definition) is 4. The Labute approximate surface area is 143 Å². The Bertz CT molecular complexity index is 559. The van der Waals surface area contributed by atoms with Crippen LogP contribution in [0.4, 0.5) is 4.79 Å². The van der Waals surface area contributed by atoms with Gasteiger partial charge in [-0.15, -0.1) is 0 Å². The van der Waals surface area contributed by atoms with Crippen LogP contribution in [-0.4, -0.2) is 30.6 Å². The van der Waals surface area contributed by atoms with E-state index in [4.69, 9.17) is 4.74 Å². The summed E-state index contributed by atoms with van der Waals surface area (Å²) >= 11 is 0. The van der Waals surface area contributed by atoms with E-state index in [-0.39, 0.29) is 5.92 Å². The van der Waals surface area contributed by atoms with Crippen molar-refractivity contribution in [1.29, 1.82) is 0 Å². The first-order valence-corrected chi connectivity index (χ1v) is 8.24. The predicted molar refractivity (Wildman–Crippen MR) is 91.4 cm³/mol. The molecule has 0 radical (unpaired) electrons. The van der Waals surface area contributed by atoms with Crippen molar-refractivity contribution in [2.45, 2.75) is 46.1 Å². The number of esters is 1. The summed E-state index contributed by atoms with van der Waals surface area (Å²) in [7, 11) is 0. The van der Waals surface area contributed by atoms with E-state index >= 15 is 0 Å². The van der Waals surface area contributed by atoms with Crippen molar-refractivity contribution in [1.82, 2.24) is 10.6 Å². The molecule has 1 aromatic rings. The lowest BCUT2D eigenvalue weighted by Gasteiger charge is -2.23. The van der Waals surface area contributed by atoms with Gasteiger partial charge in [0, 0.05) is 6.54 Å². The highest BCUT2D eigenvalue weighted by molar-refractivity contribution is 5.97. The molecule has 0 aliphatic rings. The average molecular weight is 334 g/mol. The van der Waals surface area contributed by atoms with Crippen LogP contribution in [0.25, 0.3) is 0 Å². The van der Waals surface area contributed by atoms with Gasteiger partial charge in [0.05, 0.1) is 5.92 Å². The third-order valence-corrected chi connectivity index (χ3v) is 3.86. The maximum atomic E-state index is 12.6. The Morgan fingerprint density at radius 1 is 1.08 bits per heavy atom. The van der Waals surface area contributed by atoms with Gasteiger partial charge < -0.3 is 10.1 Å². The van der Waals surface area contributed by atoms with Crippen LogP contribution in [0.5, 0.6) is 0 Å². The summed E-state index contributed by atoms with van der Waals surface area (Å²) in [6, 6.07) is 8.75. The monoisotopic (exact) mass is 334 g/mol. The van der Waals surface area contributed by atoms with Crippen molar-refractivity contribution in [3.05, 3.63) is 35.9 Å². The maximum absolute atomic E-state index is 12.6. The number of carbonyl (C=O) groups is 3. The zero-order valence-corrected chi connectivity index (χ0v) is 14.7. The van der Waals surface area contributed by atoms with Crippen LogP contribution in [0.2, 0.25) is 0 Å². The van der Waals surface area contributed by atoms with Gasteiger partial charge in [-0.05, 0) is 25.3 Å². The van der Waals surface area contributed by atoms with Gasteiger partial charge in [0.15, 0.2) is 6.10 Å². The Morgan fingerprint density at radius 2 is 1.71 bits per heavy atom. The molecule has 24 heavy (non-hydrogen) atoms. The molecular weight excluding hydrogens is 308 g/mol. The van der Waals surface area contributed by atoms with E-state index in [9.17, 15) is 14.4 Å². The molecule has 6 nitrogen and oxygen atoms in total. The minimum absolute atomic E-state index is 0.0681. The van der Waals surface area contributed by atoms with Gasteiger partial charge in [-0.2, -0.15) is 0 Å². The molecular formula is C18H26N2O4. The number of ether oxygens (including phenoxy) is 1. The number of nitrogens with one attached hydrogen (secondary N) is 2. The van der Waals surface area contributed by atoms with E-state index in [1.54, 1.807) is 6.92 Å². The highest BCUT2D eigenvalue weighted by atomic mass is 16.5. The van der Waals surface area contributed by atoms with E-state index in [0.717, 1.165) is 12.0 Å². The highest BCUT2D eigenvalue weighted by Gasteiger charge is 2.30. The summed E-state index contributed by atoms with van der Waals surface area (Å²) in [6.45, 7) is 7.56. The fraction of sp³-hybridized carbons (Fsp3) is 0.500. The minimum atomic E-state index is -1.05. The lowest BCUT2D eigenvalue weighted by molar-refractivity contribution is -0.157. The number of imide groups is 1. The standard InChI is InChI=1S/C18H26N2O4/c1-5-12(3)15(14-10-8-7-9-11-14)17(22)24-13(4)16(21)20-18(23)19-6-2/h7-13,15H,5-6H2,1-4H3,(H2,19,20,21,23). The van der Waals surface area contributed by atoms with Gasteiger partial charge >= 0.3 is 12.0 Å². The first-order chi connectivity index (χ1) is 11.4. The molecule has 1 aromatic carbocycles. The molecule has 3 unspecified atom stereocenters. The molecule has 1 rings (SSSR count). The molecule has 0 spiro atoms. The van der Waals surface area contributed by atoms with Crippen LogP contribution in [0.1, 0.15) is 45.6 Å². The summed E-state index contributed by atoms with van der Waals surface area (Å²) in [5.41, 5.74) is 0.855. The van der Waals surface area contributed by atoms with E-state index in [1.165, 1.54) is 6.92 Å². The van der Waals surface area contributed by atoms with Crippen molar-refractivity contribution in [3.63, 3.8) is 0 Å². The quantitative estimate of drug-likeness (QED) is 0.751. The molecule has 6 heteroatoms. The second-order valence-electron chi connectivity index (χ2n) is 5.70. The van der Waals surface area contributed by atoms with E-state index in [1.807, 2.05) is 44.2 Å². The van der Waals surface area contributed by atoms with Crippen molar-refractivity contribution in [3.8, 4) is 0 Å². The molecule has 2 N–H and O–H groups in total. The van der Waals surface area contributed by atoms with Gasteiger partial charge in [-0.25, -0.2) is 4.79 Å². The number of carbonyl (C=O) groups excluding carboxylic acids is 3. The summed E-state index contributed by atoms with van der Waals surface area (Å²) in [5, 5.41) is 4.59. The molecule has 0 heterocycles. The summed E-state index contributed by atoms with van der Waals surface area (Å²) < 4.78 is 5.30. The van der Waals surface area contributed by atoms with Crippen molar-refractivity contribution >= 4 is 17.9 Å². The zero-order chi connectivity index (χ0) is 18.1. The highest BCUT2D eigenvalue weighted by Crippen LogP contribution is 2.28. The van der Waals surface area contributed by atoms with E-state index < -0.39 is 29.9 Å². The molecule has 132 valence electrons. The molecule has 0 fully saturated rings. The largest absolute Gasteiger partial charge is 0.452 e. The molecule has 0 aliphatic heterocycles. The normalized spacial score (nSPS) is 14.2. The SMILES string of the molecule is CCNC(=O)NC(=O)C(C)OC(=O)C(c1ccccc1)C(C)CC. The first kappa shape index (κ1) is 19.7. The number of hydrogen-bond donors (Lipinski definition) is 2. The van der Waals surface area contributed by atoms with Gasteiger partial charge in [0.2, 0.25) is 0 Å². The number of amides is 3. The van der Waals surface area contributed by atoms with Crippen LogP contribution in [0.15, 0.2) is 30.3 Å². The van der Waals surface area contributed by atoms with Gasteiger partial charge in [-0.3, -0.25) is 14.9 Å². The second-order valence-corrected chi connectivity index (χ2v) is 5.70. The maximum Gasteiger partial charge on any atom is 0.321 e. The van der Waals surface area contributed by atoms with Crippen molar-refractivity contribution < 1.29 is 19.1 Å². The minimum Gasteiger partial charge on any atom is -0.452 e. The third kappa shape index (κ3) is 5.68. The van der Waals surface area contributed by atoms with E-state index in [2.05, 4.69) is 10.6 Å². The second kappa shape index (κ2) is 9.70. The summed E-state index contributed by atoms with van der Waals surface area (Å²) in [6.07, 6.45) is -0.246. The van der Waals surface area contributed by atoms with Crippen LogP contribution < -0.4 is 10.6 Å². The third-order valence-electron chi connectivity index (χ3n) is 3.86. The van der Waals surface area contributed by atoms with Crippen LogP contribution in [0, 0.1) is 5.92 Å². The summed E-state index contributed by atoms with van der Waals surface area (Å²) in [5.74, 6) is -1.49. The molecule has 0 aliphatic carbocycles. The number of urea groups is 1. The van der Waals surface area contributed by atoms with Crippen LogP contribution in [0.3, 0.4) is 0 Å². The first-order valence-electron chi connectivity index (χ1n) is 8.24. The molecule has 0 bridgehead atoms. The molecule has 0 aromatic heterocycles. The van der Waals surface area contributed by atoms with Crippen LogP contribution >= 0.6 is 0 Å².